The van der Waals surface area contributed by atoms with Gasteiger partial charge in [0.05, 0.1) is 4.99 Å². The van der Waals surface area contributed by atoms with Crippen molar-refractivity contribution in [2.45, 2.75) is 64.2 Å². The highest BCUT2D eigenvalue weighted by molar-refractivity contribution is 7.80. The third-order valence-electron chi connectivity index (χ3n) is 4.78. The Balaban J connectivity index is 2.06. The van der Waals surface area contributed by atoms with E-state index in [0.29, 0.717) is 12.0 Å². The van der Waals surface area contributed by atoms with Crippen molar-refractivity contribution in [1.29, 1.82) is 0 Å². The van der Waals surface area contributed by atoms with Gasteiger partial charge in [0.15, 0.2) is 0 Å². The third kappa shape index (κ3) is 3.04. The molecule has 0 spiro atoms. The van der Waals surface area contributed by atoms with Crippen LogP contribution in [-0.4, -0.2) is 30.3 Å². The van der Waals surface area contributed by atoms with Gasteiger partial charge in [-0.25, -0.2) is 0 Å². The Morgan fingerprint density at radius 2 is 1.94 bits per heavy atom. The summed E-state index contributed by atoms with van der Waals surface area (Å²) in [6.45, 7) is 5.75. The smallest absolute Gasteiger partial charge is 0.105 e. The predicted octanol–water partition coefficient (Wildman–Crippen LogP) is 3.05. The summed E-state index contributed by atoms with van der Waals surface area (Å²) in [7, 11) is 2.41. The Hall–Kier alpha value is -0.0451. The molecule has 0 aromatic carbocycles. The van der Waals surface area contributed by atoms with E-state index in [4.69, 9.17) is 12.2 Å². The zero-order valence-corrected chi connectivity index (χ0v) is 12.4. The van der Waals surface area contributed by atoms with Gasteiger partial charge in [0.2, 0.25) is 0 Å². The molecular formula is C14H26BNS. The fourth-order valence-electron chi connectivity index (χ4n) is 3.59. The molecule has 3 unspecified atom stereocenters. The maximum absolute atomic E-state index is 5.77. The molecule has 2 fully saturated rings. The van der Waals surface area contributed by atoms with E-state index in [1.807, 2.05) is 0 Å². The highest BCUT2D eigenvalue weighted by atomic mass is 32.1. The van der Waals surface area contributed by atoms with Crippen LogP contribution in [0, 0.1) is 11.8 Å². The summed E-state index contributed by atoms with van der Waals surface area (Å²) < 4.78 is 0. The number of piperidine rings is 1. The lowest BCUT2D eigenvalue weighted by atomic mass is 9.70. The number of hydrogen-bond acceptors (Lipinski definition) is 1. The number of nitrogens with zero attached hydrogens (tertiary/aromatic N) is 1. The molecule has 3 heteroatoms. The Bertz CT molecular complexity index is 279. The molecule has 1 aliphatic heterocycles. The van der Waals surface area contributed by atoms with Crippen molar-refractivity contribution < 1.29 is 0 Å². The van der Waals surface area contributed by atoms with Gasteiger partial charge in [-0.1, -0.05) is 37.3 Å². The predicted molar refractivity (Wildman–Crippen MR) is 81.4 cm³/mol. The molecule has 96 valence electrons. The van der Waals surface area contributed by atoms with Crippen LogP contribution < -0.4 is 0 Å². The van der Waals surface area contributed by atoms with Crippen molar-refractivity contribution in [2.75, 3.05) is 6.54 Å². The van der Waals surface area contributed by atoms with E-state index < -0.39 is 0 Å². The van der Waals surface area contributed by atoms with E-state index in [-0.39, 0.29) is 0 Å². The Morgan fingerprint density at radius 3 is 2.65 bits per heavy atom. The van der Waals surface area contributed by atoms with E-state index in [2.05, 4.69) is 26.6 Å². The highest BCUT2D eigenvalue weighted by Crippen LogP contribution is 2.38. The molecule has 3 atom stereocenters. The van der Waals surface area contributed by atoms with Crippen molar-refractivity contribution in [3.8, 4) is 0 Å². The summed E-state index contributed by atoms with van der Waals surface area (Å²) in [5.74, 6) is 2.52. The second-order valence-electron chi connectivity index (χ2n) is 6.39. The highest BCUT2D eigenvalue weighted by Gasteiger charge is 2.34. The van der Waals surface area contributed by atoms with E-state index in [1.165, 1.54) is 50.1 Å². The molecule has 1 saturated heterocycles. The Kier molecular flexibility index (Phi) is 4.51. The molecule has 2 aliphatic rings. The fraction of sp³-hybridized carbons (Fsp3) is 0.929. The maximum atomic E-state index is 5.77. The molecule has 17 heavy (non-hydrogen) atoms. The van der Waals surface area contributed by atoms with Gasteiger partial charge in [-0.15, -0.1) is 0 Å². The SMILES string of the molecule is BC1CCCC2CCN(C(C)C)C(=S)C2CC1. The standard InChI is InChI=1S/C14H26BNS/c1-10(2)16-9-8-11-4-3-5-12(15)6-7-13(11)14(16)17/h10-13H,3-9,15H2,1-2H3. The zero-order chi connectivity index (χ0) is 12.4. The van der Waals surface area contributed by atoms with Gasteiger partial charge in [-0.2, -0.15) is 0 Å². The first-order chi connectivity index (χ1) is 8.09. The minimum absolute atomic E-state index is 0.589. The second-order valence-corrected chi connectivity index (χ2v) is 6.81. The average molecular weight is 251 g/mol. The first kappa shape index (κ1) is 13.4. The number of likely N-dealkylation sites (tertiary alicyclic amines) is 1. The molecule has 0 aromatic heterocycles. The summed E-state index contributed by atoms with van der Waals surface area (Å²) in [6, 6.07) is 0.589. The minimum atomic E-state index is 0.589. The van der Waals surface area contributed by atoms with Crippen LogP contribution in [0.1, 0.15) is 52.4 Å². The van der Waals surface area contributed by atoms with Crippen molar-refractivity contribution in [3.63, 3.8) is 0 Å². The maximum Gasteiger partial charge on any atom is 0.105 e. The monoisotopic (exact) mass is 251 g/mol. The van der Waals surface area contributed by atoms with E-state index in [1.54, 1.807) is 0 Å². The molecule has 1 saturated carbocycles. The van der Waals surface area contributed by atoms with Crippen molar-refractivity contribution in [2.24, 2.45) is 11.8 Å². The van der Waals surface area contributed by atoms with Crippen LogP contribution in [0.15, 0.2) is 0 Å². The lowest BCUT2D eigenvalue weighted by Gasteiger charge is -2.44. The van der Waals surface area contributed by atoms with Crippen LogP contribution in [-0.2, 0) is 0 Å². The first-order valence-corrected chi connectivity index (χ1v) is 7.81. The molecule has 0 radical (unpaired) electrons. The summed E-state index contributed by atoms with van der Waals surface area (Å²) in [5, 5.41) is 0. The molecular weight excluding hydrogens is 225 g/mol. The van der Waals surface area contributed by atoms with Gasteiger partial charge in [0, 0.05) is 18.5 Å². The minimum Gasteiger partial charge on any atom is -0.363 e. The van der Waals surface area contributed by atoms with E-state index >= 15 is 0 Å². The van der Waals surface area contributed by atoms with Gasteiger partial charge in [0.1, 0.15) is 7.85 Å². The van der Waals surface area contributed by atoms with Crippen molar-refractivity contribution in [1.82, 2.24) is 4.90 Å². The van der Waals surface area contributed by atoms with Gasteiger partial charge in [-0.05, 0) is 39.0 Å². The Labute approximate surface area is 113 Å². The summed E-state index contributed by atoms with van der Waals surface area (Å²) in [4.78, 5) is 3.76. The van der Waals surface area contributed by atoms with Crippen molar-refractivity contribution in [3.05, 3.63) is 0 Å². The largest absolute Gasteiger partial charge is 0.363 e. The number of rotatable bonds is 1. The van der Waals surface area contributed by atoms with Crippen LogP contribution in [0.3, 0.4) is 0 Å². The zero-order valence-electron chi connectivity index (χ0n) is 11.6. The van der Waals surface area contributed by atoms with Crippen LogP contribution in [0.5, 0.6) is 0 Å². The molecule has 0 bridgehead atoms. The van der Waals surface area contributed by atoms with Gasteiger partial charge in [-0.3, -0.25) is 0 Å². The van der Waals surface area contributed by atoms with Crippen LogP contribution >= 0.6 is 12.2 Å². The number of hydrogen-bond donors (Lipinski definition) is 0. The molecule has 2 rings (SSSR count). The summed E-state index contributed by atoms with van der Waals surface area (Å²) in [5.41, 5.74) is 0. The van der Waals surface area contributed by atoms with Crippen LogP contribution in [0.4, 0.5) is 0 Å². The van der Waals surface area contributed by atoms with Gasteiger partial charge >= 0.3 is 0 Å². The second kappa shape index (κ2) is 5.73. The molecule has 1 aliphatic carbocycles. The first-order valence-electron chi connectivity index (χ1n) is 7.40. The molecule has 0 N–H and O–H groups in total. The lowest BCUT2D eigenvalue weighted by molar-refractivity contribution is 0.203. The average Bonchev–Trinajstić information content (AvgIpc) is 2.24. The van der Waals surface area contributed by atoms with E-state index in [9.17, 15) is 0 Å². The molecule has 1 heterocycles. The molecule has 0 aromatic rings. The third-order valence-corrected chi connectivity index (χ3v) is 5.31. The topological polar surface area (TPSA) is 3.24 Å². The molecule has 1 nitrogen and oxygen atoms in total. The number of fused-ring (bicyclic) bond motifs is 1. The van der Waals surface area contributed by atoms with Gasteiger partial charge in [0.25, 0.3) is 0 Å². The van der Waals surface area contributed by atoms with E-state index in [0.717, 1.165) is 11.7 Å². The van der Waals surface area contributed by atoms with Crippen LogP contribution in [0.25, 0.3) is 0 Å². The summed E-state index contributed by atoms with van der Waals surface area (Å²) >= 11 is 5.77. The normalized spacial score (nSPS) is 35.4. The lowest BCUT2D eigenvalue weighted by Crippen LogP contribution is -2.48. The fourth-order valence-corrected chi connectivity index (χ4v) is 4.20. The summed E-state index contributed by atoms with van der Waals surface area (Å²) in [6.07, 6.45) is 8.37. The quantitative estimate of drug-likeness (QED) is 0.520. The van der Waals surface area contributed by atoms with Gasteiger partial charge < -0.3 is 4.90 Å². The van der Waals surface area contributed by atoms with Crippen LogP contribution in [0.2, 0.25) is 5.82 Å². The van der Waals surface area contributed by atoms with Crippen molar-refractivity contribution >= 4 is 25.1 Å². The number of thiocarbonyl (C=S) groups is 1. The molecule has 0 amide bonds. The Morgan fingerprint density at radius 1 is 1.18 bits per heavy atom.